The van der Waals surface area contributed by atoms with Crippen molar-refractivity contribution in [3.8, 4) is 0 Å². The molecule has 0 heterocycles. The van der Waals surface area contributed by atoms with Gasteiger partial charge in [0, 0.05) is 12.3 Å². The largest absolute Gasteiger partial charge is 0.389 e. The molecule has 0 bridgehead atoms. The number of carbonyl (C=O) groups is 2. The molecule has 0 spiro atoms. The molecule has 4 rings (SSSR count). The fourth-order valence-corrected chi connectivity index (χ4v) is 7.20. The minimum absolute atomic E-state index is 0.0596. The predicted octanol–water partition coefficient (Wildman–Crippen LogP) is 3.70. The van der Waals surface area contributed by atoms with Crippen LogP contribution in [0.1, 0.15) is 65.2 Å². The van der Waals surface area contributed by atoms with Crippen LogP contribution in [0.4, 0.5) is 0 Å². The Bertz CT molecular complexity index is 606. The molecule has 132 valence electrons. The molecule has 2 unspecified atom stereocenters. The molecule has 4 aliphatic carbocycles. The number of fused-ring (bicyclic) bond motifs is 5. The average molecular weight is 330 g/mol. The summed E-state index contributed by atoms with van der Waals surface area (Å²) in [6, 6.07) is 0. The first-order valence-electron chi connectivity index (χ1n) is 9.77. The van der Waals surface area contributed by atoms with Gasteiger partial charge >= 0.3 is 0 Å². The molecule has 4 aliphatic rings. The second-order valence-electron chi connectivity index (χ2n) is 9.27. The Hall–Kier alpha value is -0.960. The second-order valence-corrected chi connectivity index (χ2v) is 9.27. The highest BCUT2D eigenvalue weighted by atomic mass is 16.3. The van der Waals surface area contributed by atoms with Crippen LogP contribution in [0.5, 0.6) is 0 Å². The fourth-order valence-electron chi connectivity index (χ4n) is 7.20. The summed E-state index contributed by atoms with van der Waals surface area (Å²) in [6.07, 6.45) is 10.3. The minimum Gasteiger partial charge on any atom is -0.389 e. The van der Waals surface area contributed by atoms with E-state index in [9.17, 15) is 14.7 Å². The average Bonchev–Trinajstić information content (AvgIpc) is 2.92. The highest BCUT2D eigenvalue weighted by Crippen LogP contribution is 2.66. The number of hydrogen-bond acceptors (Lipinski definition) is 3. The number of aliphatic hydroxyl groups is 1. The van der Waals surface area contributed by atoms with Crippen LogP contribution in [0.3, 0.4) is 0 Å². The van der Waals surface area contributed by atoms with E-state index in [0.717, 1.165) is 32.1 Å². The van der Waals surface area contributed by atoms with E-state index in [1.165, 1.54) is 18.4 Å². The first-order valence-corrected chi connectivity index (χ1v) is 9.77. The monoisotopic (exact) mass is 330 g/mol. The number of allylic oxidation sites excluding steroid dienone is 1. The Balaban J connectivity index is 1.65. The van der Waals surface area contributed by atoms with Gasteiger partial charge in [0.15, 0.2) is 11.6 Å². The van der Waals surface area contributed by atoms with Gasteiger partial charge in [-0.2, -0.15) is 0 Å². The lowest BCUT2D eigenvalue weighted by Crippen LogP contribution is -2.51. The first-order chi connectivity index (χ1) is 11.4. The smallest absolute Gasteiger partial charge is 0.161 e. The highest BCUT2D eigenvalue weighted by molar-refractivity contribution is 5.91. The van der Waals surface area contributed by atoms with Crippen LogP contribution < -0.4 is 0 Å². The minimum atomic E-state index is -0.298. The van der Waals surface area contributed by atoms with Crippen LogP contribution in [0.15, 0.2) is 11.6 Å². The van der Waals surface area contributed by atoms with Crippen molar-refractivity contribution >= 4 is 11.6 Å². The van der Waals surface area contributed by atoms with Crippen molar-refractivity contribution < 1.29 is 14.7 Å². The van der Waals surface area contributed by atoms with E-state index in [-0.39, 0.29) is 29.1 Å². The molecular weight excluding hydrogens is 300 g/mol. The lowest BCUT2D eigenvalue weighted by Gasteiger charge is -2.58. The summed E-state index contributed by atoms with van der Waals surface area (Å²) in [4.78, 5) is 24.1. The van der Waals surface area contributed by atoms with Crippen LogP contribution in [0.25, 0.3) is 0 Å². The van der Waals surface area contributed by atoms with Crippen molar-refractivity contribution in [1.29, 1.82) is 0 Å². The molecule has 0 aliphatic heterocycles. The van der Waals surface area contributed by atoms with E-state index in [0.29, 0.717) is 30.0 Å². The number of ketones is 2. The van der Waals surface area contributed by atoms with Crippen LogP contribution in [-0.2, 0) is 9.59 Å². The summed E-state index contributed by atoms with van der Waals surface area (Å²) in [5.41, 5.74) is 1.70. The van der Waals surface area contributed by atoms with E-state index in [2.05, 4.69) is 13.8 Å². The lowest BCUT2D eigenvalue weighted by molar-refractivity contribution is -0.133. The third-order valence-corrected chi connectivity index (χ3v) is 8.51. The van der Waals surface area contributed by atoms with Gasteiger partial charge in [0.25, 0.3) is 0 Å². The summed E-state index contributed by atoms with van der Waals surface area (Å²) in [6.45, 7) is 4.42. The van der Waals surface area contributed by atoms with Gasteiger partial charge in [-0.05, 0) is 79.6 Å². The Kier molecular flexibility index (Phi) is 3.80. The van der Waals surface area contributed by atoms with Gasteiger partial charge < -0.3 is 5.11 Å². The molecule has 0 aromatic rings. The Morgan fingerprint density at radius 1 is 1.12 bits per heavy atom. The van der Waals surface area contributed by atoms with Gasteiger partial charge in [0.1, 0.15) is 6.61 Å². The molecule has 1 N–H and O–H groups in total. The molecule has 3 heteroatoms. The van der Waals surface area contributed by atoms with Crippen molar-refractivity contribution in [1.82, 2.24) is 0 Å². The molecule has 6 atom stereocenters. The molecule has 0 aromatic heterocycles. The quantitative estimate of drug-likeness (QED) is 0.840. The summed E-state index contributed by atoms with van der Waals surface area (Å²) < 4.78 is 0. The van der Waals surface area contributed by atoms with Gasteiger partial charge in [-0.3, -0.25) is 9.59 Å². The third-order valence-electron chi connectivity index (χ3n) is 8.51. The molecule has 3 saturated carbocycles. The van der Waals surface area contributed by atoms with E-state index in [1.807, 2.05) is 6.08 Å². The van der Waals surface area contributed by atoms with E-state index >= 15 is 0 Å². The Morgan fingerprint density at radius 2 is 1.92 bits per heavy atom. The van der Waals surface area contributed by atoms with Crippen molar-refractivity contribution in [2.45, 2.75) is 65.2 Å². The van der Waals surface area contributed by atoms with Crippen LogP contribution in [-0.4, -0.2) is 23.3 Å². The molecule has 3 nitrogen and oxygen atoms in total. The molecule has 0 amide bonds. The highest BCUT2D eigenvalue weighted by Gasteiger charge is 2.59. The van der Waals surface area contributed by atoms with Crippen molar-refractivity contribution in [2.75, 3.05) is 6.61 Å². The Labute approximate surface area is 144 Å². The van der Waals surface area contributed by atoms with Gasteiger partial charge in [0.05, 0.1) is 0 Å². The number of hydrogen-bond donors (Lipinski definition) is 1. The van der Waals surface area contributed by atoms with Gasteiger partial charge in [-0.1, -0.05) is 19.4 Å². The van der Waals surface area contributed by atoms with E-state index in [1.54, 1.807) is 0 Å². The zero-order valence-electron chi connectivity index (χ0n) is 15.0. The third kappa shape index (κ3) is 2.13. The van der Waals surface area contributed by atoms with Crippen LogP contribution in [0.2, 0.25) is 0 Å². The molecular formula is C21H30O3. The Morgan fingerprint density at radius 3 is 2.67 bits per heavy atom. The maximum Gasteiger partial charge on any atom is 0.161 e. The van der Waals surface area contributed by atoms with Crippen LogP contribution in [0, 0.1) is 34.5 Å². The normalized spacial score (nSPS) is 47.5. The second kappa shape index (κ2) is 5.52. The fraction of sp³-hybridized carbons (Fsp3) is 0.810. The van der Waals surface area contributed by atoms with E-state index < -0.39 is 0 Å². The predicted molar refractivity (Wildman–Crippen MR) is 92.3 cm³/mol. The van der Waals surface area contributed by atoms with Crippen molar-refractivity contribution in [2.24, 2.45) is 34.5 Å². The standard InChI is InChI=1S/C21H30O3/c1-20-9-7-14(23)11-13(20)3-4-15-16-5-6-18(19(24)12-22)21(16,2)10-8-17(15)20/h11,15-18,22H,3-10,12H2,1-2H3/t15-,16-,17-,18+,20?,21?/m0/s1. The zero-order chi connectivity index (χ0) is 17.1. The van der Waals surface area contributed by atoms with Gasteiger partial charge in [0.2, 0.25) is 0 Å². The maximum atomic E-state index is 12.3. The van der Waals surface area contributed by atoms with Crippen LogP contribution >= 0.6 is 0 Å². The summed E-state index contributed by atoms with van der Waals surface area (Å²) >= 11 is 0. The summed E-state index contributed by atoms with van der Waals surface area (Å²) in [5, 5.41) is 9.36. The SMILES string of the molecule is CC12CCC(=O)C=C1CC[C@@H]1[C@@H]2CCC2(C)[C@@H](C(=O)CO)CC[C@@H]12. The zero-order valence-corrected chi connectivity index (χ0v) is 15.0. The van der Waals surface area contributed by atoms with Crippen molar-refractivity contribution in [3.05, 3.63) is 11.6 Å². The first kappa shape index (κ1) is 16.5. The summed E-state index contributed by atoms with van der Waals surface area (Å²) in [5.74, 6) is 2.42. The topological polar surface area (TPSA) is 54.4 Å². The lowest BCUT2D eigenvalue weighted by atomic mass is 9.46. The number of rotatable bonds is 2. The molecule has 0 saturated heterocycles. The summed E-state index contributed by atoms with van der Waals surface area (Å²) in [7, 11) is 0. The molecule has 24 heavy (non-hydrogen) atoms. The molecule has 3 fully saturated rings. The molecule has 0 radical (unpaired) electrons. The molecule has 0 aromatic carbocycles. The maximum absolute atomic E-state index is 12.3. The van der Waals surface area contributed by atoms with Gasteiger partial charge in [-0.15, -0.1) is 0 Å². The number of Topliss-reactive ketones (excluding diaryl/α,β-unsaturated/α-hetero) is 1. The van der Waals surface area contributed by atoms with Crippen molar-refractivity contribution in [3.63, 3.8) is 0 Å². The van der Waals surface area contributed by atoms with E-state index in [4.69, 9.17) is 0 Å². The number of aliphatic hydroxyl groups excluding tert-OH is 1. The number of carbonyl (C=O) groups excluding carboxylic acids is 2. The van der Waals surface area contributed by atoms with Gasteiger partial charge in [-0.25, -0.2) is 0 Å².